The minimum Gasteiger partial charge on any atom is -0.416 e. The number of hydrogen-bond donors (Lipinski definition) is 0. The smallest absolute Gasteiger partial charge is 0.273 e. The number of hydrogen-bond acceptors (Lipinski definition) is 5. The van der Waals surface area contributed by atoms with Gasteiger partial charge in [-0.2, -0.15) is 0 Å². The Hall–Kier alpha value is -1.72. The molecule has 0 saturated heterocycles. The van der Waals surface area contributed by atoms with Crippen LogP contribution in [0.3, 0.4) is 0 Å². The van der Waals surface area contributed by atoms with E-state index in [1.807, 2.05) is 30.3 Å². The van der Waals surface area contributed by atoms with Gasteiger partial charge in [0, 0.05) is 19.8 Å². The molecule has 1 heterocycles. The molecule has 5 heteroatoms. The molecule has 2 aromatic rings. The highest BCUT2D eigenvalue weighted by Gasteiger charge is 2.17. The van der Waals surface area contributed by atoms with Crippen molar-refractivity contribution in [3.63, 3.8) is 0 Å². The fraction of sp³-hybridized carbons (Fsp3) is 0.273. The van der Waals surface area contributed by atoms with Crippen LogP contribution in [0.1, 0.15) is 12.2 Å². The summed E-state index contributed by atoms with van der Waals surface area (Å²) in [5.41, 5.74) is 0.868. The Balaban J connectivity index is 2.26. The first-order valence-electron chi connectivity index (χ1n) is 4.79. The molecule has 0 radical (unpaired) electrons. The van der Waals surface area contributed by atoms with Crippen LogP contribution < -0.4 is 0 Å². The Bertz CT molecular complexity index is 438. The zero-order chi connectivity index (χ0) is 11.4. The Kier molecular flexibility index (Phi) is 3.28. The first-order chi connectivity index (χ1) is 7.85. The second kappa shape index (κ2) is 4.87. The van der Waals surface area contributed by atoms with E-state index in [-0.39, 0.29) is 0 Å². The summed E-state index contributed by atoms with van der Waals surface area (Å²) in [5, 5.41) is 7.79. The molecular formula is C11H12N2O3. The summed E-state index contributed by atoms with van der Waals surface area (Å²) in [6.07, 6.45) is -0.620. The van der Waals surface area contributed by atoms with Gasteiger partial charge in [-0.3, -0.25) is 0 Å². The van der Waals surface area contributed by atoms with E-state index in [9.17, 15) is 0 Å². The summed E-state index contributed by atoms with van der Waals surface area (Å²) >= 11 is 0. The van der Waals surface area contributed by atoms with Crippen molar-refractivity contribution in [1.82, 2.24) is 10.2 Å². The molecule has 5 nitrogen and oxygen atoms in total. The number of nitrogens with zero attached hydrogens (tertiary/aromatic N) is 2. The Morgan fingerprint density at radius 1 is 1.06 bits per heavy atom. The van der Waals surface area contributed by atoms with Crippen LogP contribution in [-0.2, 0) is 9.47 Å². The number of ether oxygens (including phenoxy) is 2. The maximum absolute atomic E-state index is 5.44. The van der Waals surface area contributed by atoms with Crippen LogP contribution in [0, 0.1) is 0 Å². The van der Waals surface area contributed by atoms with Gasteiger partial charge in [0.2, 0.25) is 12.2 Å². The molecule has 0 unspecified atom stereocenters. The van der Waals surface area contributed by atoms with Gasteiger partial charge < -0.3 is 13.9 Å². The molecule has 0 spiro atoms. The maximum Gasteiger partial charge on any atom is 0.273 e. The van der Waals surface area contributed by atoms with Gasteiger partial charge in [0.25, 0.3) is 5.89 Å². The molecule has 0 aliphatic heterocycles. The van der Waals surface area contributed by atoms with Crippen molar-refractivity contribution in [3.05, 3.63) is 36.2 Å². The highest BCUT2D eigenvalue weighted by Crippen LogP contribution is 2.21. The standard InChI is InChI=1S/C11H12N2O3/c1-14-11(15-2)10-13-12-9(16-10)8-6-4-3-5-7-8/h3-7,11H,1-2H3. The van der Waals surface area contributed by atoms with Gasteiger partial charge in [0.15, 0.2) is 0 Å². The Morgan fingerprint density at radius 3 is 2.38 bits per heavy atom. The predicted molar refractivity (Wildman–Crippen MR) is 56.5 cm³/mol. The van der Waals surface area contributed by atoms with Crippen LogP contribution in [-0.4, -0.2) is 24.4 Å². The van der Waals surface area contributed by atoms with E-state index in [2.05, 4.69) is 10.2 Å². The second-order valence-electron chi connectivity index (χ2n) is 3.11. The van der Waals surface area contributed by atoms with E-state index in [4.69, 9.17) is 13.9 Å². The lowest BCUT2D eigenvalue weighted by molar-refractivity contribution is -0.120. The van der Waals surface area contributed by atoms with Crippen LogP contribution in [0.25, 0.3) is 11.5 Å². The molecule has 0 fully saturated rings. The quantitative estimate of drug-likeness (QED) is 0.738. The zero-order valence-corrected chi connectivity index (χ0v) is 9.08. The molecule has 0 saturated carbocycles. The summed E-state index contributed by atoms with van der Waals surface area (Å²) < 4.78 is 15.5. The van der Waals surface area contributed by atoms with Gasteiger partial charge in [-0.05, 0) is 12.1 Å². The van der Waals surface area contributed by atoms with Crippen LogP contribution in [0.4, 0.5) is 0 Å². The number of benzene rings is 1. The molecule has 84 valence electrons. The summed E-state index contributed by atoms with van der Waals surface area (Å²) in [4.78, 5) is 0. The predicted octanol–water partition coefficient (Wildman–Crippen LogP) is 2.03. The molecular weight excluding hydrogens is 208 g/mol. The number of methoxy groups -OCH3 is 2. The molecule has 1 aromatic heterocycles. The van der Waals surface area contributed by atoms with E-state index < -0.39 is 6.29 Å². The molecule has 0 aliphatic rings. The third-order valence-corrected chi connectivity index (χ3v) is 2.09. The molecule has 0 N–H and O–H groups in total. The van der Waals surface area contributed by atoms with Gasteiger partial charge in [-0.1, -0.05) is 18.2 Å². The lowest BCUT2D eigenvalue weighted by Gasteiger charge is -2.06. The van der Waals surface area contributed by atoms with Crippen LogP contribution in [0.15, 0.2) is 34.7 Å². The number of aromatic nitrogens is 2. The van der Waals surface area contributed by atoms with Crippen molar-refractivity contribution in [3.8, 4) is 11.5 Å². The van der Waals surface area contributed by atoms with Crippen molar-refractivity contribution in [1.29, 1.82) is 0 Å². The van der Waals surface area contributed by atoms with Gasteiger partial charge >= 0.3 is 0 Å². The molecule has 0 bridgehead atoms. The van der Waals surface area contributed by atoms with E-state index in [0.717, 1.165) is 5.56 Å². The van der Waals surface area contributed by atoms with Gasteiger partial charge in [-0.15, -0.1) is 10.2 Å². The highest BCUT2D eigenvalue weighted by molar-refractivity contribution is 5.51. The van der Waals surface area contributed by atoms with Crippen molar-refractivity contribution in [2.45, 2.75) is 6.29 Å². The largest absolute Gasteiger partial charge is 0.416 e. The van der Waals surface area contributed by atoms with E-state index in [0.29, 0.717) is 11.8 Å². The van der Waals surface area contributed by atoms with Crippen LogP contribution in [0.5, 0.6) is 0 Å². The fourth-order valence-electron chi connectivity index (χ4n) is 1.33. The van der Waals surface area contributed by atoms with Crippen molar-refractivity contribution in [2.24, 2.45) is 0 Å². The third-order valence-electron chi connectivity index (χ3n) is 2.09. The fourth-order valence-corrected chi connectivity index (χ4v) is 1.33. The van der Waals surface area contributed by atoms with Crippen molar-refractivity contribution >= 4 is 0 Å². The molecule has 0 atom stereocenters. The Labute approximate surface area is 93.0 Å². The van der Waals surface area contributed by atoms with Crippen LogP contribution in [0.2, 0.25) is 0 Å². The second-order valence-corrected chi connectivity index (χ2v) is 3.11. The first-order valence-corrected chi connectivity index (χ1v) is 4.79. The Morgan fingerprint density at radius 2 is 1.75 bits per heavy atom. The summed E-state index contributed by atoms with van der Waals surface area (Å²) in [7, 11) is 3.03. The molecule has 0 amide bonds. The zero-order valence-electron chi connectivity index (χ0n) is 9.08. The lowest BCUT2D eigenvalue weighted by Crippen LogP contribution is -2.03. The molecule has 16 heavy (non-hydrogen) atoms. The first kappa shape index (κ1) is 10.8. The van der Waals surface area contributed by atoms with Gasteiger partial charge in [0.1, 0.15) is 0 Å². The SMILES string of the molecule is COC(OC)c1nnc(-c2ccccc2)o1. The van der Waals surface area contributed by atoms with Gasteiger partial charge in [-0.25, -0.2) is 0 Å². The average Bonchev–Trinajstić information content (AvgIpc) is 2.81. The molecule has 2 rings (SSSR count). The normalized spacial score (nSPS) is 10.9. The minimum absolute atomic E-state index is 0.309. The third kappa shape index (κ3) is 2.10. The van der Waals surface area contributed by atoms with Crippen molar-refractivity contribution < 1.29 is 13.9 Å². The minimum atomic E-state index is -0.620. The van der Waals surface area contributed by atoms with Crippen molar-refractivity contribution in [2.75, 3.05) is 14.2 Å². The summed E-state index contributed by atoms with van der Waals surface area (Å²) in [5.74, 6) is 0.763. The van der Waals surface area contributed by atoms with Gasteiger partial charge in [0.05, 0.1) is 0 Å². The lowest BCUT2D eigenvalue weighted by atomic mass is 10.2. The topological polar surface area (TPSA) is 57.4 Å². The highest BCUT2D eigenvalue weighted by atomic mass is 16.7. The molecule has 0 aliphatic carbocycles. The summed E-state index contributed by atoms with van der Waals surface area (Å²) in [6, 6.07) is 9.53. The van der Waals surface area contributed by atoms with E-state index >= 15 is 0 Å². The van der Waals surface area contributed by atoms with Crippen LogP contribution >= 0.6 is 0 Å². The average molecular weight is 220 g/mol. The van der Waals surface area contributed by atoms with E-state index in [1.54, 1.807) is 0 Å². The maximum atomic E-state index is 5.44. The van der Waals surface area contributed by atoms with E-state index in [1.165, 1.54) is 14.2 Å². The number of rotatable bonds is 4. The molecule has 1 aromatic carbocycles. The monoisotopic (exact) mass is 220 g/mol. The summed E-state index contributed by atoms with van der Waals surface area (Å²) in [6.45, 7) is 0.